The fraction of sp³-hybridized carbons (Fsp3) is 0.235. The number of ether oxygens (including phenoxy) is 2. The molecule has 0 saturated carbocycles. The number of nitrogens with zero attached hydrogens (tertiary/aromatic N) is 2. The lowest BCUT2D eigenvalue weighted by Gasteiger charge is -2.20. The summed E-state index contributed by atoms with van der Waals surface area (Å²) >= 11 is 1.28. The smallest absolute Gasteiger partial charge is 0.308 e. The van der Waals surface area contributed by atoms with E-state index in [0.29, 0.717) is 22.0 Å². The van der Waals surface area contributed by atoms with Crippen molar-refractivity contribution in [2.24, 2.45) is 0 Å². The van der Waals surface area contributed by atoms with Gasteiger partial charge in [0.05, 0.1) is 18.1 Å². The van der Waals surface area contributed by atoms with Crippen LogP contribution in [0.4, 0.5) is 0 Å². The molecular formula is C17H16N2O4S. The van der Waals surface area contributed by atoms with E-state index < -0.39 is 5.97 Å². The minimum absolute atomic E-state index is 0.000964. The lowest BCUT2D eigenvalue weighted by molar-refractivity contribution is -0.132. The van der Waals surface area contributed by atoms with Crippen LogP contribution in [0.3, 0.4) is 0 Å². The number of hydrogen-bond acceptors (Lipinski definition) is 6. The number of carbonyl (C=O) groups is 2. The van der Waals surface area contributed by atoms with Crippen molar-refractivity contribution in [1.29, 1.82) is 5.26 Å². The Bertz CT molecular complexity index is 778. The van der Waals surface area contributed by atoms with E-state index >= 15 is 0 Å². The molecule has 1 aliphatic heterocycles. The van der Waals surface area contributed by atoms with E-state index in [1.807, 2.05) is 6.07 Å². The van der Waals surface area contributed by atoms with Gasteiger partial charge in [0, 0.05) is 13.1 Å². The third kappa shape index (κ3) is 3.97. The summed E-state index contributed by atoms with van der Waals surface area (Å²) in [5.41, 5.74) is 1.46. The molecule has 1 aliphatic rings. The first kappa shape index (κ1) is 17.6. The Morgan fingerprint density at radius 2 is 2.21 bits per heavy atom. The van der Waals surface area contributed by atoms with Crippen molar-refractivity contribution >= 4 is 29.7 Å². The monoisotopic (exact) mass is 344 g/mol. The van der Waals surface area contributed by atoms with Crippen LogP contribution in [0, 0.1) is 18.3 Å². The lowest BCUT2D eigenvalue weighted by atomic mass is 10.1. The van der Waals surface area contributed by atoms with Crippen LogP contribution in [0.1, 0.15) is 18.1 Å². The van der Waals surface area contributed by atoms with Crippen LogP contribution in [0.5, 0.6) is 11.5 Å². The molecule has 6 nitrogen and oxygen atoms in total. The molecule has 1 amide bonds. The number of nitriles is 1. The normalized spacial score (nSPS) is 15.3. The van der Waals surface area contributed by atoms with Gasteiger partial charge in [0.1, 0.15) is 6.54 Å². The summed E-state index contributed by atoms with van der Waals surface area (Å²) in [6, 6.07) is 5.45. The Hall–Kier alpha value is -2.72. The summed E-state index contributed by atoms with van der Waals surface area (Å²) in [7, 11) is 1.48. The van der Waals surface area contributed by atoms with Crippen LogP contribution in [-0.2, 0) is 9.59 Å². The van der Waals surface area contributed by atoms with Gasteiger partial charge in [0.15, 0.2) is 11.5 Å². The zero-order valence-electron chi connectivity index (χ0n) is 13.5. The summed E-state index contributed by atoms with van der Waals surface area (Å²) in [6.07, 6.45) is 3.30. The molecule has 0 radical (unpaired) electrons. The quantitative estimate of drug-likeness (QED) is 0.362. The van der Waals surface area contributed by atoms with E-state index in [-0.39, 0.29) is 12.5 Å². The molecule has 1 aromatic carbocycles. The molecule has 7 heteroatoms. The van der Waals surface area contributed by atoms with E-state index in [9.17, 15) is 9.59 Å². The molecule has 24 heavy (non-hydrogen) atoms. The average molecular weight is 344 g/mol. The zero-order chi connectivity index (χ0) is 17.7. The Morgan fingerprint density at radius 1 is 1.46 bits per heavy atom. The highest BCUT2D eigenvalue weighted by Gasteiger charge is 2.20. The van der Waals surface area contributed by atoms with Crippen molar-refractivity contribution in [2.45, 2.75) is 13.8 Å². The molecule has 0 saturated heterocycles. The Kier molecular flexibility index (Phi) is 5.66. The first-order chi connectivity index (χ1) is 11.5. The van der Waals surface area contributed by atoms with Crippen LogP contribution >= 0.6 is 11.8 Å². The van der Waals surface area contributed by atoms with Crippen LogP contribution in [0.2, 0.25) is 0 Å². The summed E-state index contributed by atoms with van der Waals surface area (Å²) in [4.78, 5) is 25.3. The summed E-state index contributed by atoms with van der Waals surface area (Å²) < 4.78 is 10.4. The Labute approximate surface area is 144 Å². The first-order valence-electron chi connectivity index (χ1n) is 7.06. The second-order valence-electron chi connectivity index (χ2n) is 4.97. The van der Waals surface area contributed by atoms with Gasteiger partial charge in [-0.2, -0.15) is 5.26 Å². The molecule has 124 valence electrons. The second kappa shape index (κ2) is 7.70. The summed E-state index contributed by atoms with van der Waals surface area (Å²) in [5, 5.41) is 10.5. The van der Waals surface area contributed by atoms with E-state index in [1.54, 1.807) is 36.7 Å². The number of methoxy groups -OCH3 is 1. The highest BCUT2D eigenvalue weighted by Crippen LogP contribution is 2.35. The third-order valence-electron chi connectivity index (χ3n) is 3.17. The number of amides is 1. The Balaban J connectivity index is 2.38. The molecule has 0 bridgehead atoms. The highest BCUT2D eigenvalue weighted by atomic mass is 32.2. The maximum absolute atomic E-state index is 12.3. The number of rotatable bonds is 4. The molecular weight excluding hydrogens is 328 g/mol. The van der Waals surface area contributed by atoms with Gasteiger partial charge in [-0.3, -0.25) is 9.59 Å². The molecule has 1 aromatic rings. The number of benzene rings is 1. The van der Waals surface area contributed by atoms with E-state index in [4.69, 9.17) is 14.7 Å². The van der Waals surface area contributed by atoms with E-state index in [2.05, 4.69) is 0 Å². The van der Waals surface area contributed by atoms with Crippen molar-refractivity contribution in [2.75, 3.05) is 13.7 Å². The topological polar surface area (TPSA) is 79.6 Å². The minimum Gasteiger partial charge on any atom is -0.493 e. The fourth-order valence-corrected chi connectivity index (χ4v) is 2.94. The van der Waals surface area contributed by atoms with Crippen molar-refractivity contribution in [3.63, 3.8) is 0 Å². The largest absolute Gasteiger partial charge is 0.493 e. The molecule has 0 spiro atoms. The molecule has 0 aliphatic carbocycles. The minimum atomic E-state index is -0.433. The molecule has 0 N–H and O–H groups in total. The number of carbonyl (C=O) groups excluding carboxylic acids is 2. The van der Waals surface area contributed by atoms with Crippen LogP contribution in [0.15, 0.2) is 28.6 Å². The van der Waals surface area contributed by atoms with Gasteiger partial charge in [-0.1, -0.05) is 11.8 Å². The molecule has 0 atom stereocenters. The first-order valence-corrected chi connectivity index (χ1v) is 7.94. The maximum Gasteiger partial charge on any atom is 0.308 e. The standard InChI is InChI=1S/C17H16N2O4S/c1-11-8-13(9-14(22-3)16(11)23-12(2)20)10-15-17(21)19(5-4-18)6-7-24-15/h6-10H,5H2,1-3H3/b15-10-. The third-order valence-corrected chi connectivity index (χ3v) is 3.98. The van der Waals surface area contributed by atoms with E-state index in [0.717, 1.165) is 5.56 Å². The number of aryl methyl sites for hydroxylation is 1. The van der Waals surface area contributed by atoms with Gasteiger partial charge in [-0.15, -0.1) is 0 Å². The highest BCUT2D eigenvalue weighted by molar-refractivity contribution is 8.06. The molecule has 0 unspecified atom stereocenters. The molecule has 1 heterocycles. The average Bonchev–Trinajstić information content (AvgIpc) is 2.53. The van der Waals surface area contributed by atoms with Gasteiger partial charge in [-0.05, 0) is 41.7 Å². The summed E-state index contributed by atoms with van der Waals surface area (Å²) in [6.45, 7) is 3.11. The number of thioether (sulfide) groups is 1. The van der Waals surface area contributed by atoms with Crippen LogP contribution in [0.25, 0.3) is 6.08 Å². The van der Waals surface area contributed by atoms with Gasteiger partial charge < -0.3 is 14.4 Å². The second-order valence-corrected chi connectivity index (χ2v) is 5.91. The van der Waals surface area contributed by atoms with Crippen LogP contribution in [-0.4, -0.2) is 30.4 Å². The van der Waals surface area contributed by atoms with Gasteiger partial charge in [0.2, 0.25) is 0 Å². The van der Waals surface area contributed by atoms with Gasteiger partial charge in [-0.25, -0.2) is 0 Å². The SMILES string of the molecule is COc1cc(/C=C2\SC=CN(CC#N)C2=O)cc(C)c1OC(C)=O. The van der Waals surface area contributed by atoms with Crippen LogP contribution < -0.4 is 9.47 Å². The maximum atomic E-state index is 12.3. The predicted molar refractivity (Wildman–Crippen MR) is 91.1 cm³/mol. The van der Waals surface area contributed by atoms with Gasteiger partial charge >= 0.3 is 5.97 Å². The van der Waals surface area contributed by atoms with E-state index in [1.165, 1.54) is 30.7 Å². The molecule has 0 fully saturated rings. The number of hydrogen-bond donors (Lipinski definition) is 0. The fourth-order valence-electron chi connectivity index (χ4n) is 2.16. The number of esters is 1. The van der Waals surface area contributed by atoms with Crippen molar-refractivity contribution in [3.8, 4) is 17.6 Å². The van der Waals surface area contributed by atoms with Crippen molar-refractivity contribution in [1.82, 2.24) is 4.90 Å². The Morgan fingerprint density at radius 3 is 2.83 bits per heavy atom. The lowest BCUT2D eigenvalue weighted by Crippen LogP contribution is -2.28. The molecule has 0 aromatic heterocycles. The molecule has 2 rings (SSSR count). The van der Waals surface area contributed by atoms with Crippen molar-refractivity contribution in [3.05, 3.63) is 39.8 Å². The zero-order valence-corrected chi connectivity index (χ0v) is 14.3. The van der Waals surface area contributed by atoms with Gasteiger partial charge in [0.25, 0.3) is 5.91 Å². The predicted octanol–water partition coefficient (Wildman–Crippen LogP) is 2.84. The summed E-state index contributed by atoms with van der Waals surface area (Å²) in [5.74, 6) is 0.109. The van der Waals surface area contributed by atoms with Crippen molar-refractivity contribution < 1.29 is 19.1 Å².